The van der Waals surface area contributed by atoms with Crippen LogP contribution >= 0.6 is 0 Å². The molecule has 5 aliphatic rings. The normalized spacial score (nSPS) is 29.8. The molecule has 0 radical (unpaired) electrons. The maximum Gasteiger partial charge on any atom is 0.133 e. The molecule has 40 heavy (non-hydrogen) atoms. The molecule has 0 saturated heterocycles. The summed E-state index contributed by atoms with van der Waals surface area (Å²) in [6, 6.07) is 4.54. The van der Waals surface area contributed by atoms with Crippen molar-refractivity contribution in [3.8, 4) is 0 Å². The Morgan fingerprint density at radius 2 is 1.68 bits per heavy atom. The Labute approximate surface area is 245 Å². The first-order chi connectivity index (χ1) is 19.1. The van der Waals surface area contributed by atoms with E-state index in [0.717, 1.165) is 29.4 Å². The maximum atomic E-state index is 6.07. The van der Waals surface area contributed by atoms with Crippen molar-refractivity contribution in [1.82, 2.24) is 4.98 Å². The molecule has 5 saturated carbocycles. The second kappa shape index (κ2) is 12.0. The molecule has 1 heterocycles. The Hall–Kier alpha value is -2.10. The van der Waals surface area contributed by atoms with E-state index in [-0.39, 0.29) is 6.04 Å². The van der Waals surface area contributed by atoms with Gasteiger partial charge in [-0.15, -0.1) is 0 Å². The van der Waals surface area contributed by atoms with Crippen LogP contribution in [0.1, 0.15) is 130 Å². The van der Waals surface area contributed by atoms with Crippen molar-refractivity contribution < 1.29 is 0 Å². The van der Waals surface area contributed by atoms with Gasteiger partial charge in [-0.3, -0.25) is 4.99 Å². The maximum absolute atomic E-state index is 6.07. The summed E-state index contributed by atoms with van der Waals surface area (Å²) in [5.74, 6) is 2.57. The standard InChI is InChI=1S/C36H56N4/c1-27(2)39-25-31(24-37)30-13-22-38-33(23-30)40(28(3)29-9-7-6-8-10-29)26-35-16-19-36(20-17-35,21-18-35)32-11-14-34(4,5)15-12-32/h13,22-25,27,29,32H,3,6-12,14-21,26,37H2,1-2,4-5H3/b31-24+,39-25?. The van der Waals surface area contributed by atoms with E-state index in [1.165, 1.54) is 102 Å². The lowest BCUT2D eigenvalue weighted by atomic mass is 9.48. The zero-order valence-electron chi connectivity index (χ0n) is 26.1. The zero-order chi connectivity index (χ0) is 28.4. The van der Waals surface area contributed by atoms with Crippen LogP contribution in [0.3, 0.4) is 0 Å². The van der Waals surface area contributed by atoms with Gasteiger partial charge in [-0.1, -0.05) is 39.7 Å². The monoisotopic (exact) mass is 544 g/mol. The molecule has 5 fully saturated rings. The Kier molecular flexibility index (Phi) is 8.83. The van der Waals surface area contributed by atoms with Crippen LogP contribution in [0.4, 0.5) is 5.82 Å². The van der Waals surface area contributed by atoms with Gasteiger partial charge in [-0.2, -0.15) is 0 Å². The van der Waals surface area contributed by atoms with E-state index in [9.17, 15) is 0 Å². The number of hydrogen-bond acceptors (Lipinski definition) is 4. The van der Waals surface area contributed by atoms with Crippen LogP contribution < -0.4 is 10.6 Å². The quantitative estimate of drug-likeness (QED) is 0.315. The first kappa shape index (κ1) is 29.4. The third-order valence-corrected chi connectivity index (χ3v) is 11.6. The van der Waals surface area contributed by atoms with Crippen molar-refractivity contribution in [2.45, 2.75) is 130 Å². The van der Waals surface area contributed by atoms with E-state index in [4.69, 9.17) is 17.3 Å². The summed E-state index contributed by atoms with van der Waals surface area (Å²) in [4.78, 5) is 12.1. The van der Waals surface area contributed by atoms with E-state index >= 15 is 0 Å². The van der Waals surface area contributed by atoms with E-state index in [0.29, 0.717) is 22.2 Å². The van der Waals surface area contributed by atoms with Crippen molar-refractivity contribution in [3.05, 3.63) is 42.4 Å². The average molecular weight is 545 g/mol. The number of hydrogen-bond donors (Lipinski definition) is 1. The van der Waals surface area contributed by atoms with Gasteiger partial charge in [-0.05, 0) is 137 Å². The molecule has 0 atom stereocenters. The molecule has 0 spiro atoms. The third kappa shape index (κ3) is 6.36. The molecule has 5 aliphatic carbocycles. The Balaban J connectivity index is 1.37. The minimum atomic E-state index is 0.239. The molecule has 4 nitrogen and oxygen atoms in total. The topological polar surface area (TPSA) is 54.5 Å². The van der Waals surface area contributed by atoms with Gasteiger partial charge in [-0.25, -0.2) is 4.98 Å². The minimum Gasteiger partial charge on any atom is -0.404 e. The van der Waals surface area contributed by atoms with Crippen LogP contribution in [0.5, 0.6) is 0 Å². The lowest BCUT2D eigenvalue weighted by Gasteiger charge is -2.59. The second-order valence-electron chi connectivity index (χ2n) is 15.1. The first-order valence-electron chi connectivity index (χ1n) is 16.5. The predicted molar refractivity (Wildman–Crippen MR) is 171 cm³/mol. The van der Waals surface area contributed by atoms with Gasteiger partial charge >= 0.3 is 0 Å². The second-order valence-corrected chi connectivity index (χ2v) is 15.1. The number of nitrogens with zero attached hydrogens (tertiary/aromatic N) is 3. The van der Waals surface area contributed by atoms with E-state index < -0.39 is 0 Å². The highest BCUT2D eigenvalue weighted by atomic mass is 15.2. The van der Waals surface area contributed by atoms with Crippen LogP contribution in [0.15, 0.2) is 41.8 Å². The highest BCUT2D eigenvalue weighted by molar-refractivity contribution is 6.09. The summed E-state index contributed by atoms with van der Waals surface area (Å²) in [5.41, 5.74) is 11.0. The summed E-state index contributed by atoms with van der Waals surface area (Å²) in [6.45, 7) is 15.0. The van der Waals surface area contributed by atoms with Gasteiger partial charge < -0.3 is 10.6 Å². The number of fused-ring (bicyclic) bond motifs is 3. The van der Waals surface area contributed by atoms with Crippen LogP contribution in [0.2, 0.25) is 0 Å². The molecule has 2 N–H and O–H groups in total. The van der Waals surface area contributed by atoms with Crippen molar-refractivity contribution in [2.24, 2.45) is 38.8 Å². The van der Waals surface area contributed by atoms with E-state index in [1.54, 1.807) is 6.20 Å². The van der Waals surface area contributed by atoms with Gasteiger partial charge in [0.05, 0.1) is 0 Å². The lowest BCUT2D eigenvalue weighted by molar-refractivity contribution is -0.0622. The number of allylic oxidation sites excluding steroid dienone is 2. The van der Waals surface area contributed by atoms with Gasteiger partial charge in [0.25, 0.3) is 0 Å². The van der Waals surface area contributed by atoms with Crippen LogP contribution in [-0.4, -0.2) is 23.8 Å². The van der Waals surface area contributed by atoms with E-state index in [1.807, 2.05) is 12.4 Å². The van der Waals surface area contributed by atoms with Crippen LogP contribution in [-0.2, 0) is 0 Å². The molecule has 6 rings (SSSR count). The van der Waals surface area contributed by atoms with Gasteiger partial charge in [0.1, 0.15) is 5.82 Å². The Morgan fingerprint density at radius 3 is 2.27 bits per heavy atom. The van der Waals surface area contributed by atoms with E-state index in [2.05, 4.69) is 49.7 Å². The predicted octanol–water partition coefficient (Wildman–Crippen LogP) is 9.32. The molecule has 2 bridgehead atoms. The smallest absolute Gasteiger partial charge is 0.133 e. The van der Waals surface area contributed by atoms with Crippen LogP contribution in [0.25, 0.3) is 5.57 Å². The number of anilines is 1. The average Bonchev–Trinajstić information content (AvgIpc) is 2.97. The lowest BCUT2D eigenvalue weighted by Crippen LogP contribution is -2.51. The first-order valence-corrected chi connectivity index (χ1v) is 16.5. The molecular weight excluding hydrogens is 488 g/mol. The highest BCUT2D eigenvalue weighted by Crippen LogP contribution is 2.63. The van der Waals surface area contributed by atoms with Crippen molar-refractivity contribution in [2.75, 3.05) is 11.4 Å². The summed E-state index contributed by atoms with van der Waals surface area (Å²) in [6.07, 6.45) is 26.2. The van der Waals surface area contributed by atoms with Gasteiger partial charge in [0, 0.05) is 42.5 Å². The number of aromatic nitrogens is 1. The number of rotatable bonds is 9. The van der Waals surface area contributed by atoms with Gasteiger partial charge in [0.15, 0.2) is 0 Å². The highest BCUT2D eigenvalue weighted by Gasteiger charge is 2.53. The molecule has 0 amide bonds. The van der Waals surface area contributed by atoms with Crippen LogP contribution in [0, 0.1) is 28.1 Å². The molecule has 1 aromatic heterocycles. The summed E-state index contributed by atoms with van der Waals surface area (Å²) >= 11 is 0. The summed E-state index contributed by atoms with van der Waals surface area (Å²) in [7, 11) is 0. The fraction of sp³-hybridized carbons (Fsp3) is 0.722. The number of nitrogens with two attached hydrogens (primary N) is 1. The Morgan fingerprint density at radius 1 is 1.02 bits per heavy atom. The van der Waals surface area contributed by atoms with Crippen molar-refractivity contribution >= 4 is 17.6 Å². The largest absolute Gasteiger partial charge is 0.404 e. The molecule has 0 unspecified atom stereocenters. The summed E-state index contributed by atoms with van der Waals surface area (Å²) < 4.78 is 0. The van der Waals surface area contributed by atoms with Gasteiger partial charge in [0.2, 0.25) is 0 Å². The number of pyridine rings is 1. The third-order valence-electron chi connectivity index (χ3n) is 11.6. The molecule has 0 aliphatic heterocycles. The number of aliphatic imine (C=N–C) groups is 1. The Bertz CT molecular complexity index is 1060. The molecule has 0 aromatic carbocycles. The zero-order valence-corrected chi connectivity index (χ0v) is 26.1. The van der Waals surface area contributed by atoms with Crippen molar-refractivity contribution in [3.63, 3.8) is 0 Å². The molecule has 1 aromatic rings. The minimum absolute atomic E-state index is 0.239. The fourth-order valence-corrected chi connectivity index (χ4v) is 8.66. The fourth-order valence-electron chi connectivity index (χ4n) is 8.66. The molecule has 4 heteroatoms. The SMILES string of the molecule is C=C(C1CCCCC1)N(CC12CCC(C3CCC(C)(C)CC3)(CC1)CC2)c1cc(/C(C=NC(C)C)=C/N)ccn1. The summed E-state index contributed by atoms with van der Waals surface area (Å²) in [5, 5.41) is 0. The molecule has 220 valence electrons. The van der Waals surface area contributed by atoms with Crippen molar-refractivity contribution in [1.29, 1.82) is 0 Å². The molecular formula is C36H56N4.